The highest BCUT2D eigenvalue weighted by Crippen LogP contribution is 2.45. The molecule has 0 saturated heterocycles. The van der Waals surface area contributed by atoms with Crippen LogP contribution in [0, 0.1) is 0 Å². The molecule has 1 unspecified atom stereocenters. The first-order valence-corrected chi connectivity index (χ1v) is 12.6. The number of quaternary nitrogens is 1. The van der Waals surface area contributed by atoms with Crippen LogP contribution in [0.5, 0.6) is 0 Å². The number of rotatable bonds is 7. The van der Waals surface area contributed by atoms with Crippen molar-refractivity contribution < 1.29 is 12.4 Å². The van der Waals surface area contributed by atoms with Crippen molar-refractivity contribution in [3.63, 3.8) is 0 Å². The van der Waals surface area contributed by atoms with Crippen LogP contribution < -0.4 is 21.8 Å². The predicted octanol–water partition coefficient (Wildman–Crippen LogP) is 5.85. The molecule has 33 heavy (non-hydrogen) atoms. The lowest BCUT2D eigenvalue weighted by atomic mass is 9.90. The summed E-state index contributed by atoms with van der Waals surface area (Å²) in [6.45, 7) is 24.3. The molecule has 0 amide bonds. The summed E-state index contributed by atoms with van der Waals surface area (Å²) < 4.78 is 0.881. The summed E-state index contributed by atoms with van der Waals surface area (Å²) in [5.41, 5.74) is 8.80. The molecular weight excluding hydrogens is 424 g/mol. The van der Waals surface area contributed by atoms with E-state index in [0.717, 1.165) is 11.2 Å². The van der Waals surface area contributed by atoms with Gasteiger partial charge in [-0.2, -0.15) is 0 Å². The number of anilines is 1. The van der Waals surface area contributed by atoms with E-state index in [2.05, 4.69) is 123 Å². The van der Waals surface area contributed by atoms with Gasteiger partial charge in [0, 0.05) is 11.1 Å². The molecular formula is C30H45ClN2. The smallest absolute Gasteiger partial charge is 0.167 e. The number of para-hydroxylation sites is 2. The lowest BCUT2D eigenvalue weighted by molar-refractivity contribution is -0.00000721. The van der Waals surface area contributed by atoms with Gasteiger partial charge in [-0.25, -0.2) is 4.48 Å². The number of nitrogens with zero attached hydrogens (tertiary/aromatic N) is 2. The first-order chi connectivity index (χ1) is 15.0. The Bertz CT molecular complexity index is 919. The Kier molecular flexibility index (Phi) is 8.87. The molecule has 1 atom stereocenters. The van der Waals surface area contributed by atoms with Gasteiger partial charge in [0.25, 0.3) is 0 Å². The van der Waals surface area contributed by atoms with E-state index in [1.54, 1.807) is 0 Å². The van der Waals surface area contributed by atoms with Crippen LogP contribution in [0.15, 0.2) is 48.8 Å². The number of benzene rings is 2. The van der Waals surface area contributed by atoms with Crippen LogP contribution in [-0.4, -0.2) is 12.7 Å². The third-order valence-corrected chi connectivity index (χ3v) is 7.21. The summed E-state index contributed by atoms with van der Waals surface area (Å²) in [6.07, 6.45) is 4.84. The van der Waals surface area contributed by atoms with Gasteiger partial charge in [0.2, 0.25) is 0 Å². The van der Waals surface area contributed by atoms with Crippen LogP contribution in [0.4, 0.5) is 11.4 Å². The summed E-state index contributed by atoms with van der Waals surface area (Å²) in [7, 11) is 0. The first-order valence-electron chi connectivity index (χ1n) is 12.6. The van der Waals surface area contributed by atoms with Crippen LogP contribution in [-0.2, 0) is 0 Å². The van der Waals surface area contributed by atoms with Crippen molar-refractivity contribution >= 4 is 11.4 Å². The van der Waals surface area contributed by atoms with Crippen LogP contribution in [0.2, 0.25) is 0 Å². The lowest BCUT2D eigenvalue weighted by Gasteiger charge is -2.40. The summed E-state index contributed by atoms with van der Waals surface area (Å²) in [6, 6.07) is 14.3. The maximum absolute atomic E-state index is 2.55. The minimum Gasteiger partial charge on any atom is -1.00 e. The third-order valence-electron chi connectivity index (χ3n) is 7.21. The van der Waals surface area contributed by atoms with Crippen molar-refractivity contribution in [2.45, 2.75) is 99.0 Å². The van der Waals surface area contributed by atoms with Gasteiger partial charge in [-0.15, -0.1) is 0 Å². The summed E-state index contributed by atoms with van der Waals surface area (Å²) in [4.78, 5) is 2.55. The van der Waals surface area contributed by atoms with E-state index in [0.29, 0.717) is 29.7 Å². The Balaban J connectivity index is 0.00000385. The lowest BCUT2D eigenvalue weighted by Crippen LogP contribution is -3.00. The number of hydrogen-bond donors (Lipinski definition) is 0. The Morgan fingerprint density at radius 3 is 1.39 bits per heavy atom. The van der Waals surface area contributed by atoms with Crippen molar-refractivity contribution in [2.24, 2.45) is 0 Å². The molecule has 0 spiro atoms. The molecule has 0 aromatic heterocycles. The van der Waals surface area contributed by atoms with Gasteiger partial charge in [0.1, 0.15) is 11.9 Å². The fraction of sp³-hybridized carbons (Fsp3) is 0.533. The van der Waals surface area contributed by atoms with Crippen LogP contribution in [0.1, 0.15) is 115 Å². The minimum atomic E-state index is 0. The molecule has 0 N–H and O–H groups in total. The molecule has 0 aliphatic carbocycles. The largest absolute Gasteiger partial charge is 1.00 e. The zero-order chi connectivity index (χ0) is 23.8. The SMILES string of the molecule is CC(C)c1cccc(C(C)C)c1N1C=C[N+](c2c(C(C)C)cccc2C(C)C)(C(C)C)C1.[Cl-]. The van der Waals surface area contributed by atoms with E-state index in [9.17, 15) is 0 Å². The molecule has 1 aliphatic heterocycles. The molecule has 1 aliphatic rings. The zero-order valence-corrected chi connectivity index (χ0v) is 23.2. The molecule has 2 aromatic carbocycles. The summed E-state index contributed by atoms with van der Waals surface area (Å²) in [5, 5.41) is 0. The average Bonchev–Trinajstić information content (AvgIpc) is 3.18. The van der Waals surface area contributed by atoms with Gasteiger partial charge >= 0.3 is 0 Å². The third kappa shape index (κ3) is 5.03. The molecule has 2 nitrogen and oxygen atoms in total. The number of halogens is 1. The molecule has 0 bridgehead atoms. The van der Waals surface area contributed by atoms with E-state index in [1.165, 1.54) is 33.6 Å². The van der Waals surface area contributed by atoms with Gasteiger partial charge in [0.15, 0.2) is 6.67 Å². The van der Waals surface area contributed by atoms with E-state index in [4.69, 9.17) is 0 Å². The van der Waals surface area contributed by atoms with Crippen molar-refractivity contribution in [3.05, 3.63) is 71.1 Å². The Morgan fingerprint density at radius 2 is 1.03 bits per heavy atom. The fourth-order valence-electron chi connectivity index (χ4n) is 5.27. The molecule has 2 aromatic rings. The van der Waals surface area contributed by atoms with E-state index in [-0.39, 0.29) is 12.4 Å². The molecule has 0 radical (unpaired) electrons. The normalized spacial score (nSPS) is 18.3. The Hall–Kier alpha value is -1.77. The molecule has 0 saturated carbocycles. The second-order valence-electron chi connectivity index (χ2n) is 11.1. The molecule has 1 heterocycles. The maximum atomic E-state index is 2.55. The van der Waals surface area contributed by atoms with Crippen molar-refractivity contribution in [1.82, 2.24) is 4.48 Å². The van der Waals surface area contributed by atoms with E-state index in [1.807, 2.05) is 0 Å². The minimum absolute atomic E-state index is 0. The monoisotopic (exact) mass is 468 g/mol. The van der Waals surface area contributed by atoms with Crippen molar-refractivity contribution in [3.8, 4) is 0 Å². The highest BCUT2D eigenvalue weighted by Gasteiger charge is 2.43. The van der Waals surface area contributed by atoms with Gasteiger partial charge in [-0.1, -0.05) is 91.8 Å². The number of hydrogen-bond acceptors (Lipinski definition) is 1. The maximum Gasteiger partial charge on any atom is 0.167 e. The molecule has 0 fully saturated rings. The van der Waals surface area contributed by atoms with Crippen molar-refractivity contribution in [2.75, 3.05) is 11.6 Å². The quantitative estimate of drug-likeness (QED) is 0.461. The highest BCUT2D eigenvalue weighted by atomic mass is 35.5. The molecule has 3 heteroatoms. The summed E-state index contributed by atoms with van der Waals surface area (Å²) in [5.74, 6) is 1.98. The predicted molar refractivity (Wildman–Crippen MR) is 143 cm³/mol. The highest BCUT2D eigenvalue weighted by molar-refractivity contribution is 5.69. The summed E-state index contributed by atoms with van der Waals surface area (Å²) >= 11 is 0. The first kappa shape index (κ1) is 27.5. The fourth-order valence-corrected chi connectivity index (χ4v) is 5.27. The van der Waals surface area contributed by atoms with Crippen LogP contribution in [0.25, 0.3) is 0 Å². The van der Waals surface area contributed by atoms with Crippen LogP contribution >= 0.6 is 0 Å². The zero-order valence-electron chi connectivity index (χ0n) is 22.5. The van der Waals surface area contributed by atoms with E-state index < -0.39 is 0 Å². The average molecular weight is 469 g/mol. The molecule has 182 valence electrons. The van der Waals surface area contributed by atoms with E-state index >= 15 is 0 Å². The van der Waals surface area contributed by atoms with Gasteiger partial charge in [-0.05, 0) is 48.6 Å². The van der Waals surface area contributed by atoms with Crippen LogP contribution in [0.3, 0.4) is 0 Å². The second-order valence-corrected chi connectivity index (χ2v) is 11.1. The van der Waals surface area contributed by atoms with Gasteiger partial charge in [-0.3, -0.25) is 4.90 Å². The topological polar surface area (TPSA) is 3.24 Å². The van der Waals surface area contributed by atoms with Gasteiger partial charge in [0.05, 0.1) is 17.9 Å². The Morgan fingerprint density at radius 1 is 0.636 bits per heavy atom. The van der Waals surface area contributed by atoms with Crippen molar-refractivity contribution in [1.29, 1.82) is 0 Å². The van der Waals surface area contributed by atoms with Gasteiger partial charge < -0.3 is 12.4 Å². The Labute approximate surface area is 209 Å². The standard InChI is InChI=1S/C30H45N2.ClH/c1-20(2)25-13-11-14-26(21(3)4)29(25)31-17-18-32(19-31,24(9)10)30-27(22(5)6)15-12-16-28(30)23(7)8;/h11-18,20-24H,19H2,1-10H3;1H/q+1;/p-1. The second kappa shape index (κ2) is 10.7. The molecule has 3 rings (SSSR count).